The minimum atomic E-state index is -0.505. The van der Waals surface area contributed by atoms with Gasteiger partial charge in [-0.05, 0) is 41.2 Å². The van der Waals surface area contributed by atoms with E-state index in [4.69, 9.17) is 14.5 Å². The lowest BCUT2D eigenvalue weighted by Gasteiger charge is -2.36. The summed E-state index contributed by atoms with van der Waals surface area (Å²) in [6.45, 7) is 2.42. The van der Waals surface area contributed by atoms with Crippen molar-refractivity contribution < 1.29 is 19.1 Å². The second kappa shape index (κ2) is 12.0. The summed E-state index contributed by atoms with van der Waals surface area (Å²) in [6, 6.07) is 26.4. The molecule has 39 heavy (non-hydrogen) atoms. The molecule has 7 nitrogen and oxygen atoms in total. The van der Waals surface area contributed by atoms with Crippen LogP contribution in [0.15, 0.2) is 112 Å². The number of hydrogen-bond acceptors (Lipinski definition) is 7. The number of aliphatic imine (C=N–C) groups is 1. The highest BCUT2D eigenvalue weighted by molar-refractivity contribution is 8.16. The van der Waals surface area contributed by atoms with Crippen molar-refractivity contribution in [1.82, 2.24) is 10.2 Å². The van der Waals surface area contributed by atoms with Gasteiger partial charge in [-0.1, -0.05) is 84.6 Å². The molecule has 1 N–H and O–H groups in total. The summed E-state index contributed by atoms with van der Waals surface area (Å²) < 4.78 is 11.1. The van der Waals surface area contributed by atoms with E-state index >= 15 is 0 Å². The van der Waals surface area contributed by atoms with Crippen LogP contribution in [0.5, 0.6) is 5.75 Å². The van der Waals surface area contributed by atoms with E-state index in [1.807, 2.05) is 102 Å². The number of nitrogens with one attached hydrogen (secondary N) is 1. The van der Waals surface area contributed by atoms with E-state index in [1.54, 1.807) is 7.11 Å². The minimum absolute atomic E-state index is 0.111. The van der Waals surface area contributed by atoms with Crippen molar-refractivity contribution in [3.8, 4) is 5.75 Å². The SMILES string of the molecule is COc1ccc(C2C(C(=O)OCc3ccccc3)=C(C)N=C3SC=C(CC(=O)NCc4ccccc4)N32)cc1. The number of carbonyl (C=O) groups excluding carboxylic acids is 2. The van der Waals surface area contributed by atoms with Crippen LogP contribution in [0.3, 0.4) is 0 Å². The molecule has 0 aliphatic carbocycles. The van der Waals surface area contributed by atoms with Crippen LogP contribution in [0.2, 0.25) is 0 Å². The molecule has 5 rings (SSSR count). The molecule has 2 aliphatic heterocycles. The van der Waals surface area contributed by atoms with Crippen molar-refractivity contribution in [2.24, 2.45) is 4.99 Å². The maximum absolute atomic E-state index is 13.6. The van der Waals surface area contributed by atoms with Crippen molar-refractivity contribution in [3.63, 3.8) is 0 Å². The van der Waals surface area contributed by atoms with Gasteiger partial charge < -0.3 is 19.7 Å². The number of benzene rings is 3. The average Bonchev–Trinajstić information content (AvgIpc) is 3.36. The number of methoxy groups -OCH3 is 1. The topological polar surface area (TPSA) is 80.2 Å². The van der Waals surface area contributed by atoms with Crippen molar-refractivity contribution in [2.45, 2.75) is 32.5 Å². The first-order valence-corrected chi connectivity index (χ1v) is 13.5. The number of allylic oxidation sites excluding steroid dienone is 1. The molecule has 1 unspecified atom stereocenters. The number of nitrogens with zero attached hydrogens (tertiary/aromatic N) is 2. The van der Waals surface area contributed by atoms with Gasteiger partial charge in [0.05, 0.1) is 30.8 Å². The van der Waals surface area contributed by atoms with Crippen molar-refractivity contribution >= 4 is 28.8 Å². The lowest BCUT2D eigenvalue weighted by molar-refractivity contribution is -0.141. The Morgan fingerprint density at radius 3 is 2.28 bits per heavy atom. The summed E-state index contributed by atoms with van der Waals surface area (Å²) >= 11 is 1.45. The van der Waals surface area contributed by atoms with Crippen molar-refractivity contribution in [2.75, 3.05) is 7.11 Å². The van der Waals surface area contributed by atoms with E-state index in [1.165, 1.54) is 11.8 Å². The summed E-state index contributed by atoms with van der Waals surface area (Å²) in [5.74, 6) is 0.161. The Balaban J connectivity index is 1.40. The van der Waals surface area contributed by atoms with Crippen LogP contribution in [0, 0.1) is 0 Å². The Kier molecular flexibility index (Phi) is 8.13. The molecule has 3 aromatic rings. The van der Waals surface area contributed by atoms with Gasteiger partial charge in [0.2, 0.25) is 5.91 Å². The van der Waals surface area contributed by atoms with E-state index in [-0.39, 0.29) is 18.9 Å². The van der Waals surface area contributed by atoms with Gasteiger partial charge in [-0.15, -0.1) is 0 Å². The number of rotatable bonds is 9. The highest BCUT2D eigenvalue weighted by atomic mass is 32.2. The standard InChI is InChI=1S/C31H29N3O4S/c1-21-28(30(36)38-19-23-11-7-4-8-12-23)29(24-13-15-26(37-2)16-14-24)34-25(20-39-31(34)33-21)17-27(35)32-18-22-9-5-3-6-10-22/h3-16,20,29H,17-19H2,1-2H3,(H,32,35). The summed E-state index contributed by atoms with van der Waals surface area (Å²) in [7, 11) is 1.61. The molecule has 198 valence electrons. The minimum Gasteiger partial charge on any atom is -0.497 e. The maximum atomic E-state index is 13.6. The quantitative estimate of drug-likeness (QED) is 0.351. The van der Waals surface area contributed by atoms with E-state index in [2.05, 4.69) is 5.32 Å². The first kappa shape index (κ1) is 26.3. The Morgan fingerprint density at radius 1 is 0.949 bits per heavy atom. The van der Waals surface area contributed by atoms with Gasteiger partial charge in [0.15, 0.2) is 5.17 Å². The van der Waals surface area contributed by atoms with Crippen LogP contribution in [-0.4, -0.2) is 29.1 Å². The van der Waals surface area contributed by atoms with Gasteiger partial charge in [-0.3, -0.25) is 4.79 Å². The van der Waals surface area contributed by atoms with Gasteiger partial charge in [-0.25, -0.2) is 9.79 Å². The van der Waals surface area contributed by atoms with E-state index in [0.29, 0.717) is 23.6 Å². The van der Waals surface area contributed by atoms with Gasteiger partial charge in [0, 0.05) is 12.2 Å². The van der Waals surface area contributed by atoms with Gasteiger partial charge in [-0.2, -0.15) is 0 Å². The fraction of sp³-hybridized carbons (Fsp3) is 0.194. The summed E-state index contributed by atoms with van der Waals surface area (Å²) in [4.78, 5) is 33.2. The molecular weight excluding hydrogens is 510 g/mol. The third-order valence-corrected chi connectivity index (χ3v) is 7.43. The molecule has 0 spiro atoms. The average molecular weight is 540 g/mol. The third kappa shape index (κ3) is 6.07. The molecule has 1 atom stereocenters. The van der Waals surface area contributed by atoms with Crippen LogP contribution in [0.1, 0.15) is 36.1 Å². The Labute approximate surface area is 232 Å². The number of amidine groups is 1. The summed E-state index contributed by atoms with van der Waals surface area (Å²) in [5, 5.41) is 5.65. The maximum Gasteiger partial charge on any atom is 0.338 e. The molecule has 0 saturated heterocycles. The predicted octanol–water partition coefficient (Wildman–Crippen LogP) is 5.72. The Morgan fingerprint density at radius 2 is 1.62 bits per heavy atom. The van der Waals surface area contributed by atoms with Crippen LogP contribution in [0.4, 0.5) is 0 Å². The van der Waals surface area contributed by atoms with Crippen LogP contribution < -0.4 is 10.1 Å². The van der Waals surface area contributed by atoms with Crippen molar-refractivity contribution in [1.29, 1.82) is 0 Å². The Hall–Kier alpha value is -4.30. The van der Waals surface area contributed by atoms with E-state index in [0.717, 1.165) is 27.6 Å². The monoisotopic (exact) mass is 539 g/mol. The zero-order valence-electron chi connectivity index (χ0n) is 21.8. The van der Waals surface area contributed by atoms with Crippen LogP contribution in [0.25, 0.3) is 0 Å². The van der Waals surface area contributed by atoms with E-state index < -0.39 is 12.0 Å². The number of amides is 1. The summed E-state index contributed by atoms with van der Waals surface area (Å²) in [6.07, 6.45) is 0.150. The summed E-state index contributed by atoms with van der Waals surface area (Å²) in [5.41, 5.74) is 4.60. The van der Waals surface area contributed by atoms with Crippen LogP contribution >= 0.6 is 11.8 Å². The smallest absolute Gasteiger partial charge is 0.338 e. The highest BCUT2D eigenvalue weighted by Gasteiger charge is 2.41. The zero-order chi connectivity index (χ0) is 27.2. The molecule has 0 bridgehead atoms. The molecule has 0 saturated carbocycles. The van der Waals surface area contributed by atoms with Gasteiger partial charge >= 0.3 is 5.97 Å². The Bertz CT molecular complexity index is 1430. The zero-order valence-corrected chi connectivity index (χ0v) is 22.6. The molecule has 0 aromatic heterocycles. The second-order valence-electron chi connectivity index (χ2n) is 9.17. The fourth-order valence-electron chi connectivity index (χ4n) is 4.56. The van der Waals surface area contributed by atoms with Crippen LogP contribution in [-0.2, 0) is 27.5 Å². The number of esters is 1. The van der Waals surface area contributed by atoms with Gasteiger partial charge in [0.1, 0.15) is 12.4 Å². The lowest BCUT2D eigenvalue weighted by Crippen LogP contribution is -2.38. The molecule has 8 heteroatoms. The molecule has 3 aromatic carbocycles. The third-order valence-electron chi connectivity index (χ3n) is 6.54. The highest BCUT2D eigenvalue weighted by Crippen LogP contribution is 2.45. The first-order valence-electron chi connectivity index (χ1n) is 12.6. The lowest BCUT2D eigenvalue weighted by atomic mass is 9.93. The van der Waals surface area contributed by atoms with Crippen molar-refractivity contribution in [3.05, 3.63) is 124 Å². The molecule has 0 radical (unpaired) electrons. The number of carbonyl (C=O) groups is 2. The normalized spacial score (nSPS) is 16.3. The molecule has 1 amide bonds. The molecular formula is C31H29N3O4S. The molecule has 2 aliphatic rings. The number of fused-ring (bicyclic) bond motifs is 1. The van der Waals surface area contributed by atoms with Gasteiger partial charge in [0.25, 0.3) is 0 Å². The number of hydrogen-bond donors (Lipinski definition) is 1. The number of thioether (sulfide) groups is 1. The number of ether oxygens (including phenoxy) is 2. The van der Waals surface area contributed by atoms with E-state index in [9.17, 15) is 9.59 Å². The fourth-order valence-corrected chi connectivity index (χ4v) is 5.52. The molecule has 0 fully saturated rings. The molecule has 2 heterocycles. The second-order valence-corrected chi connectivity index (χ2v) is 10.0. The predicted molar refractivity (Wildman–Crippen MR) is 153 cm³/mol. The first-order chi connectivity index (χ1) is 19.0. The largest absolute Gasteiger partial charge is 0.497 e.